The van der Waals surface area contributed by atoms with Gasteiger partial charge in [0.25, 0.3) is 0 Å². The lowest BCUT2D eigenvalue weighted by Crippen LogP contribution is -2.45. The third-order valence-corrected chi connectivity index (χ3v) is 7.81. The van der Waals surface area contributed by atoms with Gasteiger partial charge in [0.2, 0.25) is 0 Å². The Labute approximate surface area is 186 Å². The number of nitrogens with one attached hydrogen (secondary N) is 1. The molecule has 5 rings (SSSR count). The number of halogens is 3. The molecule has 0 unspecified atom stereocenters. The fourth-order valence-electron chi connectivity index (χ4n) is 5.91. The van der Waals surface area contributed by atoms with Crippen LogP contribution in [0.25, 0.3) is 10.9 Å². The molecule has 1 N–H and O–H groups in total. The van der Waals surface area contributed by atoms with E-state index >= 15 is 0 Å². The highest BCUT2D eigenvalue weighted by molar-refractivity contribution is 5.95. The lowest BCUT2D eigenvalue weighted by Gasteiger charge is -2.40. The first-order chi connectivity index (χ1) is 15.4. The quantitative estimate of drug-likeness (QED) is 0.782. The zero-order chi connectivity index (χ0) is 22.3. The molecule has 170 valence electrons. The van der Waals surface area contributed by atoms with Crippen molar-refractivity contribution in [2.45, 2.75) is 25.4 Å². The van der Waals surface area contributed by atoms with Gasteiger partial charge in [0, 0.05) is 49.4 Å². The number of nitriles is 1. The normalized spacial score (nSPS) is 26.1. The average Bonchev–Trinajstić information content (AvgIpc) is 3.42. The molecule has 1 aromatic carbocycles. The van der Waals surface area contributed by atoms with Gasteiger partial charge in [-0.25, -0.2) is 0 Å². The van der Waals surface area contributed by atoms with Crippen molar-refractivity contribution in [2.75, 3.05) is 50.7 Å². The highest BCUT2D eigenvalue weighted by atomic mass is 19.4. The number of piperidine rings is 1. The Kier molecular flexibility index (Phi) is 5.50. The second-order valence-electron chi connectivity index (χ2n) is 9.68. The maximum Gasteiger partial charge on any atom is 0.393 e. The first-order valence-corrected chi connectivity index (χ1v) is 11.4. The summed E-state index contributed by atoms with van der Waals surface area (Å²) in [6.45, 7) is 4.66. The Morgan fingerprint density at radius 1 is 1.16 bits per heavy atom. The van der Waals surface area contributed by atoms with Crippen molar-refractivity contribution in [3.63, 3.8) is 0 Å². The largest absolute Gasteiger partial charge is 0.393 e. The van der Waals surface area contributed by atoms with Crippen LogP contribution < -0.4 is 10.2 Å². The maximum atomic E-state index is 14.0. The van der Waals surface area contributed by atoms with Crippen LogP contribution in [0.1, 0.15) is 24.8 Å². The van der Waals surface area contributed by atoms with Crippen molar-refractivity contribution in [3.05, 3.63) is 36.0 Å². The number of pyridine rings is 1. The van der Waals surface area contributed by atoms with E-state index in [9.17, 15) is 18.4 Å². The number of likely N-dealkylation sites (tertiary alicyclic amines) is 1. The molecule has 32 heavy (non-hydrogen) atoms. The van der Waals surface area contributed by atoms with Crippen LogP contribution in [0.15, 0.2) is 30.5 Å². The summed E-state index contributed by atoms with van der Waals surface area (Å²) in [5.74, 6) is -1.82. The third kappa shape index (κ3) is 3.93. The van der Waals surface area contributed by atoms with Gasteiger partial charge in [0.1, 0.15) is 6.07 Å². The van der Waals surface area contributed by atoms with Gasteiger partial charge < -0.3 is 15.1 Å². The Bertz CT molecular complexity index is 1010. The van der Waals surface area contributed by atoms with Crippen molar-refractivity contribution >= 4 is 16.6 Å². The van der Waals surface area contributed by atoms with Crippen LogP contribution in [0.5, 0.6) is 0 Å². The fraction of sp³-hybridized carbons (Fsp3) is 0.583. The highest BCUT2D eigenvalue weighted by Crippen LogP contribution is 2.43. The van der Waals surface area contributed by atoms with E-state index in [1.165, 1.54) is 6.42 Å². The van der Waals surface area contributed by atoms with Gasteiger partial charge in [-0.1, -0.05) is 0 Å². The average molecular weight is 444 g/mol. The van der Waals surface area contributed by atoms with E-state index in [0.717, 1.165) is 50.1 Å². The number of nitrogens with zero attached hydrogens (tertiary/aromatic N) is 4. The van der Waals surface area contributed by atoms with Gasteiger partial charge in [-0.3, -0.25) is 4.98 Å². The zero-order valence-corrected chi connectivity index (χ0v) is 18.0. The Balaban J connectivity index is 1.36. The molecule has 3 fully saturated rings. The van der Waals surface area contributed by atoms with Gasteiger partial charge in [-0.2, -0.15) is 18.4 Å². The zero-order valence-electron chi connectivity index (χ0n) is 18.0. The molecule has 0 aliphatic carbocycles. The van der Waals surface area contributed by atoms with Gasteiger partial charge in [-0.05, 0) is 68.6 Å². The van der Waals surface area contributed by atoms with Crippen LogP contribution in [-0.4, -0.2) is 61.9 Å². The molecule has 0 bridgehead atoms. The maximum absolute atomic E-state index is 14.0. The summed E-state index contributed by atoms with van der Waals surface area (Å²) in [7, 11) is 0. The number of hydrogen-bond acceptors (Lipinski definition) is 5. The fourth-order valence-corrected chi connectivity index (χ4v) is 5.91. The number of alkyl halides is 3. The van der Waals surface area contributed by atoms with Gasteiger partial charge in [-0.15, -0.1) is 0 Å². The van der Waals surface area contributed by atoms with Crippen molar-refractivity contribution in [1.29, 1.82) is 5.26 Å². The first kappa shape index (κ1) is 21.5. The lowest BCUT2D eigenvalue weighted by molar-refractivity contribution is -0.180. The molecule has 3 aliphatic heterocycles. The first-order valence-electron chi connectivity index (χ1n) is 11.4. The highest BCUT2D eigenvalue weighted by Gasteiger charge is 2.50. The van der Waals surface area contributed by atoms with E-state index < -0.39 is 18.0 Å². The minimum absolute atomic E-state index is 0.0498. The van der Waals surface area contributed by atoms with Crippen LogP contribution in [0.3, 0.4) is 0 Å². The molecular weight excluding hydrogens is 415 g/mol. The van der Waals surface area contributed by atoms with Gasteiger partial charge >= 0.3 is 6.18 Å². The number of anilines is 1. The molecule has 1 spiro atoms. The molecule has 3 saturated heterocycles. The SMILES string of the molecule is N#Cc1ccc(N2C[C@H](CN3CCC4(CCNC4)CC3)[C@@H](C(F)(F)F)C2)c2cccnc12. The number of hydrogen-bond donors (Lipinski definition) is 1. The summed E-state index contributed by atoms with van der Waals surface area (Å²) < 4.78 is 42.1. The summed E-state index contributed by atoms with van der Waals surface area (Å²) in [5.41, 5.74) is 2.08. The number of aromatic nitrogens is 1. The molecule has 5 nitrogen and oxygen atoms in total. The minimum Gasteiger partial charge on any atom is -0.370 e. The minimum atomic E-state index is -4.23. The van der Waals surface area contributed by atoms with Crippen LogP contribution in [0, 0.1) is 28.6 Å². The third-order valence-electron chi connectivity index (χ3n) is 7.81. The van der Waals surface area contributed by atoms with E-state index in [-0.39, 0.29) is 6.54 Å². The Morgan fingerprint density at radius 2 is 1.97 bits per heavy atom. The molecule has 0 saturated carbocycles. The standard InChI is InChI=1S/C24H28F3N5/c25-24(26,27)20-15-32(21-4-3-17(12-28)22-19(21)2-1-8-30-22)14-18(20)13-31-10-6-23(7-11-31)5-9-29-16-23/h1-4,8,18,20,29H,5-7,9-11,13-16H2/t18-,20-/m0/s1. The van der Waals surface area contributed by atoms with E-state index in [1.54, 1.807) is 24.4 Å². The van der Waals surface area contributed by atoms with Crippen molar-refractivity contribution in [1.82, 2.24) is 15.2 Å². The van der Waals surface area contributed by atoms with Crippen molar-refractivity contribution < 1.29 is 13.2 Å². The summed E-state index contributed by atoms with van der Waals surface area (Å²) >= 11 is 0. The Hall–Kier alpha value is -2.37. The smallest absolute Gasteiger partial charge is 0.370 e. The molecule has 0 radical (unpaired) electrons. The van der Waals surface area contributed by atoms with E-state index in [2.05, 4.69) is 21.3 Å². The number of rotatable bonds is 3. The molecular formula is C24H28F3N5. The number of benzene rings is 1. The molecule has 3 aliphatic rings. The Morgan fingerprint density at radius 3 is 2.66 bits per heavy atom. The summed E-state index contributed by atoms with van der Waals surface area (Å²) in [4.78, 5) is 8.41. The molecule has 2 aromatic rings. The topological polar surface area (TPSA) is 55.2 Å². The van der Waals surface area contributed by atoms with Crippen molar-refractivity contribution in [2.24, 2.45) is 17.3 Å². The van der Waals surface area contributed by atoms with E-state index in [1.807, 2.05) is 11.0 Å². The van der Waals surface area contributed by atoms with E-state index in [4.69, 9.17) is 0 Å². The monoisotopic (exact) mass is 443 g/mol. The molecule has 2 atom stereocenters. The molecule has 1 aromatic heterocycles. The summed E-state index contributed by atoms with van der Waals surface area (Å²) in [5, 5.41) is 13.6. The molecule has 8 heteroatoms. The van der Waals surface area contributed by atoms with Crippen LogP contribution in [0.2, 0.25) is 0 Å². The molecule has 0 amide bonds. The van der Waals surface area contributed by atoms with Crippen LogP contribution in [0.4, 0.5) is 18.9 Å². The molecule has 4 heterocycles. The van der Waals surface area contributed by atoms with Crippen molar-refractivity contribution in [3.8, 4) is 6.07 Å². The van der Waals surface area contributed by atoms with Crippen LogP contribution in [-0.2, 0) is 0 Å². The number of fused-ring (bicyclic) bond motifs is 1. The van der Waals surface area contributed by atoms with E-state index in [0.29, 0.717) is 29.6 Å². The van der Waals surface area contributed by atoms with Gasteiger partial charge in [0.05, 0.1) is 17.0 Å². The lowest BCUT2D eigenvalue weighted by atomic mass is 9.77. The second-order valence-corrected chi connectivity index (χ2v) is 9.68. The summed E-state index contributed by atoms with van der Waals surface area (Å²) in [6.07, 6.45) is 0.703. The second kappa shape index (κ2) is 8.20. The van der Waals surface area contributed by atoms with Gasteiger partial charge in [0.15, 0.2) is 0 Å². The predicted molar refractivity (Wildman–Crippen MR) is 117 cm³/mol. The van der Waals surface area contributed by atoms with Crippen LogP contribution >= 0.6 is 0 Å². The predicted octanol–water partition coefficient (Wildman–Crippen LogP) is 3.80. The summed E-state index contributed by atoms with van der Waals surface area (Å²) in [6, 6.07) is 9.18.